The average molecular weight is 387 g/mol. The Balaban J connectivity index is 1.78. The molecule has 0 aliphatic heterocycles. The fraction of sp³-hybridized carbons (Fsp3) is 0.100. The number of amides is 1. The third-order valence-corrected chi connectivity index (χ3v) is 4.24. The number of hydrogen-bond acceptors (Lipinski definition) is 3. The van der Waals surface area contributed by atoms with E-state index in [1.807, 2.05) is 18.2 Å². The highest BCUT2D eigenvalue weighted by Gasteiger charge is 2.18. The van der Waals surface area contributed by atoms with Gasteiger partial charge in [-0.15, -0.1) is 0 Å². The molecule has 26 heavy (non-hydrogen) atoms. The number of ether oxygens (including phenoxy) is 1. The smallest absolute Gasteiger partial charge is 0.265 e. The van der Waals surface area contributed by atoms with Gasteiger partial charge >= 0.3 is 0 Å². The zero-order valence-corrected chi connectivity index (χ0v) is 15.3. The Kier molecular flexibility index (Phi) is 6.10. The van der Waals surface area contributed by atoms with Gasteiger partial charge in [-0.1, -0.05) is 41.4 Å². The van der Waals surface area contributed by atoms with Crippen molar-refractivity contribution in [1.29, 1.82) is 0 Å². The van der Waals surface area contributed by atoms with Gasteiger partial charge in [0.15, 0.2) is 6.61 Å². The maximum Gasteiger partial charge on any atom is 0.265 e. The first-order valence-electron chi connectivity index (χ1n) is 7.96. The number of benzene rings is 2. The van der Waals surface area contributed by atoms with Crippen molar-refractivity contribution in [2.24, 2.45) is 0 Å². The van der Waals surface area contributed by atoms with Gasteiger partial charge in [0.25, 0.3) is 5.91 Å². The fourth-order valence-corrected chi connectivity index (χ4v) is 2.69. The first-order chi connectivity index (χ1) is 12.6. The van der Waals surface area contributed by atoms with Gasteiger partial charge in [-0.05, 0) is 48.5 Å². The lowest BCUT2D eigenvalue weighted by molar-refractivity contribution is -0.120. The predicted octanol–water partition coefficient (Wildman–Crippen LogP) is 5.00. The molecule has 2 aromatic carbocycles. The minimum atomic E-state index is -0.210. The Bertz CT molecular complexity index is 870. The zero-order chi connectivity index (χ0) is 18.4. The number of aromatic nitrogens is 1. The molecular formula is C20H16Cl2N2O2. The standard InChI is InChI=1S/C20H16Cl2N2O2/c21-15-8-10-17(11-9-15)24(13-16-5-3-4-12-23-16)20(25)14-26-19-7-2-1-6-18(19)22/h1-12H,13-14H2. The summed E-state index contributed by atoms with van der Waals surface area (Å²) in [5, 5.41) is 1.06. The van der Waals surface area contributed by atoms with Crippen molar-refractivity contribution in [3.05, 3.63) is 88.7 Å². The second kappa shape index (κ2) is 8.70. The molecule has 0 spiro atoms. The van der Waals surface area contributed by atoms with Crippen molar-refractivity contribution in [2.45, 2.75) is 6.54 Å². The molecule has 0 bridgehead atoms. The number of halogens is 2. The largest absolute Gasteiger partial charge is 0.482 e. The highest BCUT2D eigenvalue weighted by atomic mass is 35.5. The molecule has 132 valence electrons. The molecule has 0 fully saturated rings. The average Bonchev–Trinajstić information content (AvgIpc) is 2.67. The summed E-state index contributed by atoms with van der Waals surface area (Å²) in [7, 11) is 0. The summed E-state index contributed by atoms with van der Waals surface area (Å²) in [4.78, 5) is 18.7. The van der Waals surface area contributed by atoms with E-state index in [-0.39, 0.29) is 12.5 Å². The number of para-hydroxylation sites is 1. The van der Waals surface area contributed by atoms with Crippen molar-refractivity contribution in [3.8, 4) is 5.75 Å². The van der Waals surface area contributed by atoms with Crippen LogP contribution in [0.4, 0.5) is 5.69 Å². The van der Waals surface area contributed by atoms with Crippen LogP contribution >= 0.6 is 23.2 Å². The van der Waals surface area contributed by atoms with E-state index in [4.69, 9.17) is 27.9 Å². The topological polar surface area (TPSA) is 42.4 Å². The Hall–Kier alpha value is -2.56. The van der Waals surface area contributed by atoms with Crippen molar-refractivity contribution >= 4 is 34.8 Å². The third-order valence-electron chi connectivity index (χ3n) is 3.67. The molecule has 1 amide bonds. The van der Waals surface area contributed by atoms with Gasteiger partial charge in [0, 0.05) is 16.9 Å². The fourth-order valence-electron chi connectivity index (χ4n) is 2.38. The van der Waals surface area contributed by atoms with Crippen LogP contribution < -0.4 is 9.64 Å². The molecule has 0 saturated heterocycles. The molecule has 1 heterocycles. The normalized spacial score (nSPS) is 10.4. The van der Waals surface area contributed by atoms with Crippen LogP contribution in [0, 0.1) is 0 Å². The van der Waals surface area contributed by atoms with E-state index in [0.717, 1.165) is 5.69 Å². The molecule has 0 atom stereocenters. The summed E-state index contributed by atoms with van der Waals surface area (Å²) in [5.74, 6) is 0.259. The Morgan fingerprint density at radius 2 is 1.69 bits per heavy atom. The number of nitrogens with zero attached hydrogens (tertiary/aromatic N) is 2. The van der Waals surface area contributed by atoms with E-state index in [1.165, 1.54) is 0 Å². The second-order valence-electron chi connectivity index (χ2n) is 5.50. The van der Waals surface area contributed by atoms with Gasteiger partial charge in [0.2, 0.25) is 0 Å². The molecule has 4 nitrogen and oxygen atoms in total. The van der Waals surface area contributed by atoms with Crippen molar-refractivity contribution in [1.82, 2.24) is 4.98 Å². The predicted molar refractivity (Wildman–Crippen MR) is 104 cm³/mol. The number of pyridine rings is 1. The lowest BCUT2D eigenvalue weighted by Crippen LogP contribution is -2.34. The maximum absolute atomic E-state index is 12.8. The van der Waals surface area contributed by atoms with Gasteiger partial charge in [-0.25, -0.2) is 0 Å². The second-order valence-corrected chi connectivity index (χ2v) is 6.34. The minimum Gasteiger partial charge on any atom is -0.482 e. The van der Waals surface area contributed by atoms with Gasteiger partial charge < -0.3 is 9.64 Å². The summed E-state index contributed by atoms with van der Waals surface area (Å²) in [6, 6.07) is 19.7. The lowest BCUT2D eigenvalue weighted by Gasteiger charge is -2.23. The van der Waals surface area contributed by atoms with E-state index < -0.39 is 0 Å². The summed E-state index contributed by atoms with van der Waals surface area (Å²) in [6.45, 7) is 0.187. The maximum atomic E-state index is 12.8. The van der Waals surface area contributed by atoms with Crippen molar-refractivity contribution in [3.63, 3.8) is 0 Å². The van der Waals surface area contributed by atoms with Gasteiger partial charge in [0.05, 0.1) is 17.3 Å². The number of carbonyl (C=O) groups is 1. The van der Waals surface area contributed by atoms with Crippen LogP contribution in [0.2, 0.25) is 10.0 Å². The van der Waals surface area contributed by atoms with E-state index in [0.29, 0.717) is 28.0 Å². The number of hydrogen-bond donors (Lipinski definition) is 0. The van der Waals surface area contributed by atoms with Crippen LogP contribution in [0.1, 0.15) is 5.69 Å². The third kappa shape index (κ3) is 4.75. The van der Waals surface area contributed by atoms with E-state index in [2.05, 4.69) is 4.98 Å². The summed E-state index contributed by atoms with van der Waals surface area (Å²) in [5.41, 5.74) is 1.49. The van der Waals surface area contributed by atoms with Crippen LogP contribution in [0.5, 0.6) is 5.75 Å². The lowest BCUT2D eigenvalue weighted by atomic mass is 10.2. The molecule has 0 aliphatic rings. The summed E-state index contributed by atoms with van der Waals surface area (Å²) >= 11 is 12.0. The molecular weight excluding hydrogens is 371 g/mol. The van der Waals surface area contributed by atoms with Crippen molar-refractivity contribution in [2.75, 3.05) is 11.5 Å². The molecule has 1 aromatic heterocycles. The van der Waals surface area contributed by atoms with E-state index in [1.54, 1.807) is 59.6 Å². The SMILES string of the molecule is O=C(COc1ccccc1Cl)N(Cc1ccccn1)c1ccc(Cl)cc1. The molecule has 3 rings (SSSR count). The van der Waals surface area contributed by atoms with Crippen LogP contribution in [0.3, 0.4) is 0 Å². The quantitative estimate of drug-likeness (QED) is 0.598. The molecule has 0 unspecified atom stereocenters. The van der Waals surface area contributed by atoms with Crippen molar-refractivity contribution < 1.29 is 9.53 Å². The molecule has 6 heteroatoms. The summed E-state index contributed by atoms with van der Waals surface area (Å²) in [6.07, 6.45) is 1.69. The van der Waals surface area contributed by atoms with Crippen LogP contribution in [0.25, 0.3) is 0 Å². The molecule has 0 aliphatic carbocycles. The van der Waals surface area contributed by atoms with E-state index >= 15 is 0 Å². The van der Waals surface area contributed by atoms with Crippen LogP contribution in [-0.2, 0) is 11.3 Å². The number of carbonyl (C=O) groups excluding carboxylic acids is 1. The number of anilines is 1. The zero-order valence-electron chi connectivity index (χ0n) is 13.8. The molecule has 0 saturated carbocycles. The molecule has 0 radical (unpaired) electrons. The minimum absolute atomic E-state index is 0.140. The first-order valence-corrected chi connectivity index (χ1v) is 8.72. The monoisotopic (exact) mass is 386 g/mol. The number of rotatable bonds is 6. The van der Waals surface area contributed by atoms with Gasteiger partial charge in [-0.3, -0.25) is 9.78 Å². The van der Waals surface area contributed by atoms with E-state index in [9.17, 15) is 4.79 Å². The highest BCUT2D eigenvalue weighted by molar-refractivity contribution is 6.32. The highest BCUT2D eigenvalue weighted by Crippen LogP contribution is 2.24. The van der Waals surface area contributed by atoms with Gasteiger partial charge in [-0.2, -0.15) is 0 Å². The Labute approximate surface area is 162 Å². The molecule has 0 N–H and O–H groups in total. The van der Waals surface area contributed by atoms with Crippen LogP contribution in [0.15, 0.2) is 72.9 Å². The molecule has 3 aromatic rings. The Morgan fingerprint density at radius 3 is 2.38 bits per heavy atom. The summed E-state index contributed by atoms with van der Waals surface area (Å²) < 4.78 is 5.59. The van der Waals surface area contributed by atoms with Gasteiger partial charge in [0.1, 0.15) is 5.75 Å². The first kappa shape index (κ1) is 18.2. The van der Waals surface area contributed by atoms with Crippen LogP contribution in [-0.4, -0.2) is 17.5 Å². The Morgan fingerprint density at radius 1 is 0.962 bits per heavy atom.